The maximum Gasteiger partial charge on any atom is 0.147 e. The molecule has 0 aromatic carbocycles. The van der Waals surface area contributed by atoms with E-state index in [1.54, 1.807) is 12.5 Å². The molecule has 0 atom stereocenters. The van der Waals surface area contributed by atoms with Gasteiger partial charge in [-0.05, 0) is 18.9 Å². The van der Waals surface area contributed by atoms with E-state index in [1.807, 2.05) is 6.07 Å². The first-order chi connectivity index (χ1) is 8.93. The van der Waals surface area contributed by atoms with Gasteiger partial charge < -0.3 is 9.88 Å². The molecule has 1 N–H and O–H groups in total. The lowest BCUT2D eigenvalue weighted by Gasteiger charge is -2.14. The number of rotatable bonds is 4. The number of nitrogens with zero attached hydrogens (tertiary/aromatic N) is 5. The summed E-state index contributed by atoms with van der Waals surface area (Å²) in [5, 5.41) is 11.8. The third-order valence-corrected chi connectivity index (χ3v) is 3.17. The quantitative estimate of drug-likeness (QED) is 0.857. The standard InChI is InChI=1S/C12H16N6/c1-2-6-18-11(3-1)16-17-12(18)8-14-7-10-4-5-13-9-15-10/h4-5,9,14H,1-3,6-8H2. The van der Waals surface area contributed by atoms with Crippen LogP contribution in [0.15, 0.2) is 18.6 Å². The number of nitrogens with one attached hydrogen (secondary N) is 1. The molecular formula is C12H16N6. The molecule has 0 unspecified atom stereocenters. The maximum atomic E-state index is 4.25. The first-order valence-corrected chi connectivity index (χ1v) is 6.30. The molecule has 1 aliphatic heterocycles. The van der Waals surface area contributed by atoms with Crippen molar-refractivity contribution >= 4 is 0 Å². The lowest BCUT2D eigenvalue weighted by atomic mass is 10.2. The predicted molar refractivity (Wildman–Crippen MR) is 65.5 cm³/mol. The van der Waals surface area contributed by atoms with Crippen LogP contribution >= 0.6 is 0 Å². The Bertz CT molecular complexity index is 507. The van der Waals surface area contributed by atoms with Gasteiger partial charge in [-0.2, -0.15) is 0 Å². The van der Waals surface area contributed by atoms with Gasteiger partial charge >= 0.3 is 0 Å². The second kappa shape index (κ2) is 5.22. The number of hydrogen-bond acceptors (Lipinski definition) is 5. The van der Waals surface area contributed by atoms with Crippen LogP contribution in [0.1, 0.15) is 30.2 Å². The fourth-order valence-corrected chi connectivity index (χ4v) is 2.22. The molecule has 0 fully saturated rings. The zero-order chi connectivity index (χ0) is 12.2. The normalized spacial score (nSPS) is 14.4. The van der Waals surface area contributed by atoms with Crippen LogP contribution < -0.4 is 5.32 Å². The highest BCUT2D eigenvalue weighted by molar-refractivity contribution is 5.00. The molecule has 0 saturated heterocycles. The van der Waals surface area contributed by atoms with Gasteiger partial charge in [0.15, 0.2) is 0 Å². The second-order valence-corrected chi connectivity index (χ2v) is 4.45. The van der Waals surface area contributed by atoms with Gasteiger partial charge in [0.1, 0.15) is 18.0 Å². The fourth-order valence-electron chi connectivity index (χ4n) is 2.22. The van der Waals surface area contributed by atoms with Gasteiger partial charge in [0.25, 0.3) is 0 Å². The first-order valence-electron chi connectivity index (χ1n) is 6.30. The minimum absolute atomic E-state index is 0.727. The Morgan fingerprint density at radius 1 is 1.22 bits per heavy atom. The highest BCUT2D eigenvalue weighted by Crippen LogP contribution is 2.13. The van der Waals surface area contributed by atoms with Crippen LogP contribution in [0.2, 0.25) is 0 Å². The van der Waals surface area contributed by atoms with Gasteiger partial charge in [-0.15, -0.1) is 10.2 Å². The van der Waals surface area contributed by atoms with Crippen LogP contribution in [0.3, 0.4) is 0 Å². The van der Waals surface area contributed by atoms with Crippen molar-refractivity contribution < 1.29 is 0 Å². The van der Waals surface area contributed by atoms with E-state index in [1.165, 1.54) is 12.8 Å². The third-order valence-electron chi connectivity index (χ3n) is 3.17. The van der Waals surface area contributed by atoms with Crippen LogP contribution in [-0.4, -0.2) is 24.7 Å². The first kappa shape index (κ1) is 11.3. The minimum Gasteiger partial charge on any atom is -0.314 e. The Morgan fingerprint density at radius 2 is 2.22 bits per heavy atom. The topological polar surface area (TPSA) is 68.5 Å². The molecule has 6 nitrogen and oxygen atoms in total. The largest absolute Gasteiger partial charge is 0.314 e. The molecule has 94 valence electrons. The van der Waals surface area contributed by atoms with E-state index in [0.717, 1.165) is 43.4 Å². The van der Waals surface area contributed by atoms with Gasteiger partial charge in [0.2, 0.25) is 0 Å². The van der Waals surface area contributed by atoms with Crippen molar-refractivity contribution in [1.29, 1.82) is 0 Å². The van der Waals surface area contributed by atoms with Crippen LogP contribution in [0.5, 0.6) is 0 Å². The van der Waals surface area contributed by atoms with E-state index in [2.05, 4.69) is 30.0 Å². The molecule has 2 aromatic heterocycles. The number of aromatic nitrogens is 5. The average molecular weight is 244 g/mol. The summed E-state index contributed by atoms with van der Waals surface area (Å²) < 4.78 is 2.23. The van der Waals surface area contributed by atoms with Crippen LogP contribution in [0, 0.1) is 0 Å². The van der Waals surface area contributed by atoms with E-state index < -0.39 is 0 Å². The molecule has 0 saturated carbocycles. The van der Waals surface area contributed by atoms with Gasteiger partial charge in [-0.1, -0.05) is 0 Å². The molecule has 1 aliphatic rings. The second-order valence-electron chi connectivity index (χ2n) is 4.45. The summed E-state index contributed by atoms with van der Waals surface area (Å²) in [6.07, 6.45) is 6.83. The van der Waals surface area contributed by atoms with Crippen molar-refractivity contribution in [1.82, 2.24) is 30.0 Å². The molecule has 3 rings (SSSR count). The summed E-state index contributed by atoms with van der Waals surface area (Å²) >= 11 is 0. The summed E-state index contributed by atoms with van der Waals surface area (Å²) in [5.41, 5.74) is 0.989. The van der Waals surface area contributed by atoms with Crippen LogP contribution in [0.4, 0.5) is 0 Å². The van der Waals surface area contributed by atoms with Crippen LogP contribution in [-0.2, 0) is 26.1 Å². The van der Waals surface area contributed by atoms with Crippen molar-refractivity contribution in [3.63, 3.8) is 0 Å². The summed E-state index contributed by atoms with van der Waals surface area (Å²) in [5.74, 6) is 2.15. The summed E-state index contributed by atoms with van der Waals surface area (Å²) in [4.78, 5) is 8.06. The lowest BCUT2D eigenvalue weighted by molar-refractivity contribution is 0.496. The van der Waals surface area contributed by atoms with Gasteiger partial charge in [0, 0.05) is 25.7 Å². The van der Waals surface area contributed by atoms with Crippen molar-refractivity contribution in [3.05, 3.63) is 35.9 Å². The molecule has 0 radical (unpaired) electrons. The highest BCUT2D eigenvalue weighted by atomic mass is 15.3. The third kappa shape index (κ3) is 2.38. The maximum absolute atomic E-state index is 4.25. The molecule has 18 heavy (non-hydrogen) atoms. The number of aryl methyl sites for hydroxylation is 1. The average Bonchev–Trinajstić information content (AvgIpc) is 2.84. The Morgan fingerprint density at radius 3 is 3.11 bits per heavy atom. The minimum atomic E-state index is 0.727. The zero-order valence-corrected chi connectivity index (χ0v) is 10.2. The molecule has 0 bridgehead atoms. The van der Waals surface area contributed by atoms with E-state index in [9.17, 15) is 0 Å². The van der Waals surface area contributed by atoms with E-state index in [-0.39, 0.29) is 0 Å². The molecule has 3 heterocycles. The predicted octanol–water partition coefficient (Wildman–Crippen LogP) is 0.694. The molecule has 2 aromatic rings. The molecule has 0 aliphatic carbocycles. The van der Waals surface area contributed by atoms with E-state index in [4.69, 9.17) is 0 Å². The van der Waals surface area contributed by atoms with Gasteiger partial charge in [0.05, 0.1) is 12.2 Å². The fraction of sp³-hybridized carbons (Fsp3) is 0.500. The summed E-state index contributed by atoms with van der Waals surface area (Å²) in [6, 6.07) is 1.91. The molecule has 6 heteroatoms. The summed E-state index contributed by atoms with van der Waals surface area (Å²) in [7, 11) is 0. The van der Waals surface area contributed by atoms with Crippen molar-refractivity contribution in [3.8, 4) is 0 Å². The highest BCUT2D eigenvalue weighted by Gasteiger charge is 2.14. The van der Waals surface area contributed by atoms with Gasteiger partial charge in [-0.25, -0.2) is 9.97 Å². The van der Waals surface area contributed by atoms with E-state index >= 15 is 0 Å². The Balaban J connectivity index is 1.59. The molecule has 0 amide bonds. The smallest absolute Gasteiger partial charge is 0.147 e. The van der Waals surface area contributed by atoms with Crippen molar-refractivity contribution in [2.75, 3.05) is 0 Å². The summed E-state index contributed by atoms with van der Waals surface area (Å²) in [6.45, 7) is 2.51. The number of fused-ring (bicyclic) bond motifs is 1. The van der Waals surface area contributed by atoms with Crippen molar-refractivity contribution in [2.45, 2.75) is 38.9 Å². The number of hydrogen-bond donors (Lipinski definition) is 1. The molecular weight excluding hydrogens is 228 g/mol. The Hall–Kier alpha value is -1.82. The SMILES string of the molecule is c1cc(CNCc2nnc3n2CCCC3)ncn1. The molecule has 0 spiro atoms. The van der Waals surface area contributed by atoms with Gasteiger partial charge in [-0.3, -0.25) is 0 Å². The van der Waals surface area contributed by atoms with Crippen molar-refractivity contribution in [2.24, 2.45) is 0 Å². The lowest BCUT2D eigenvalue weighted by Crippen LogP contribution is -2.19. The Kier molecular flexibility index (Phi) is 3.27. The van der Waals surface area contributed by atoms with E-state index in [0.29, 0.717) is 0 Å². The monoisotopic (exact) mass is 244 g/mol. The Labute approximate surface area is 105 Å². The van der Waals surface area contributed by atoms with Crippen LogP contribution in [0.25, 0.3) is 0 Å². The zero-order valence-electron chi connectivity index (χ0n) is 10.2.